The number of sulfone groups is 1. The molecular weight excluding hydrogens is 368 g/mol. The number of benzene rings is 1. The van der Waals surface area contributed by atoms with E-state index in [2.05, 4.69) is 4.99 Å². The van der Waals surface area contributed by atoms with E-state index in [-0.39, 0.29) is 22.8 Å². The number of amides is 1. The maximum Gasteiger partial charge on any atom is 0.329 e. The number of hydrogen-bond acceptors (Lipinski definition) is 6. The first-order valence-corrected chi connectivity index (χ1v) is 10.2. The third kappa shape index (κ3) is 4.20. The number of hydrogen-bond donors (Lipinski definition) is 1. The molecule has 3 rings (SSSR count). The monoisotopic (exact) mass is 384 g/mol. The molecular formula is C15H16N2O6S2. The van der Waals surface area contributed by atoms with E-state index in [0.717, 1.165) is 5.69 Å². The summed E-state index contributed by atoms with van der Waals surface area (Å²) in [6.07, 6.45) is 0. The van der Waals surface area contributed by atoms with Crippen LogP contribution in [0, 0.1) is 0 Å². The van der Waals surface area contributed by atoms with Crippen molar-refractivity contribution in [3.8, 4) is 0 Å². The van der Waals surface area contributed by atoms with Gasteiger partial charge >= 0.3 is 5.97 Å². The number of thioether (sulfide) groups is 1. The van der Waals surface area contributed by atoms with Gasteiger partial charge in [-0.15, -0.1) is 0 Å². The lowest BCUT2D eigenvalue weighted by atomic mass is 10.2. The van der Waals surface area contributed by atoms with Gasteiger partial charge in [-0.3, -0.25) is 4.79 Å². The van der Waals surface area contributed by atoms with Crippen LogP contribution in [0.15, 0.2) is 35.3 Å². The molecule has 0 saturated carbocycles. The number of carbonyl (C=O) groups is 2. The molecule has 2 aliphatic rings. The molecule has 0 aliphatic carbocycles. The molecule has 8 nitrogen and oxygen atoms in total. The first-order valence-electron chi connectivity index (χ1n) is 7.48. The molecule has 2 aliphatic heterocycles. The summed E-state index contributed by atoms with van der Waals surface area (Å²) in [5.41, 5.74) is 0.762. The van der Waals surface area contributed by atoms with Crippen LogP contribution in [-0.2, 0) is 24.2 Å². The van der Waals surface area contributed by atoms with E-state index in [4.69, 9.17) is 9.84 Å². The van der Waals surface area contributed by atoms with E-state index in [0.29, 0.717) is 5.17 Å². The molecule has 2 atom stereocenters. The van der Waals surface area contributed by atoms with E-state index in [9.17, 15) is 18.0 Å². The number of rotatable bonds is 5. The van der Waals surface area contributed by atoms with Gasteiger partial charge in [-0.2, -0.15) is 4.99 Å². The second-order valence-electron chi connectivity index (χ2n) is 5.68. The number of carbonyl (C=O) groups excluding carboxylic acids is 1. The quantitative estimate of drug-likeness (QED) is 0.776. The van der Waals surface area contributed by atoms with Crippen molar-refractivity contribution in [1.29, 1.82) is 0 Å². The van der Waals surface area contributed by atoms with Crippen molar-refractivity contribution in [2.24, 2.45) is 4.99 Å². The van der Waals surface area contributed by atoms with Gasteiger partial charge in [0.1, 0.15) is 13.2 Å². The molecule has 0 aromatic heterocycles. The number of carboxylic acids is 1. The third-order valence-corrected chi connectivity index (χ3v) is 6.98. The Bertz CT molecular complexity index is 809. The van der Waals surface area contributed by atoms with E-state index in [1.165, 1.54) is 11.8 Å². The summed E-state index contributed by atoms with van der Waals surface area (Å²) < 4.78 is 28.6. The number of para-hydroxylation sites is 1. The van der Waals surface area contributed by atoms with Gasteiger partial charge in [0.15, 0.2) is 15.0 Å². The molecule has 0 radical (unpaired) electrons. The van der Waals surface area contributed by atoms with Crippen molar-refractivity contribution in [3.05, 3.63) is 30.3 Å². The number of nitrogens with zero attached hydrogens (tertiary/aromatic N) is 2. The van der Waals surface area contributed by atoms with Crippen molar-refractivity contribution in [1.82, 2.24) is 0 Å². The highest BCUT2D eigenvalue weighted by molar-refractivity contribution is 8.16. The topological polar surface area (TPSA) is 113 Å². The van der Waals surface area contributed by atoms with Crippen LogP contribution in [-0.4, -0.2) is 66.6 Å². The summed E-state index contributed by atoms with van der Waals surface area (Å²) in [7, 11) is -3.11. The van der Waals surface area contributed by atoms with Crippen LogP contribution in [0.3, 0.4) is 0 Å². The van der Waals surface area contributed by atoms with Gasteiger partial charge < -0.3 is 14.7 Å². The number of carboxylic acid groups (broad SMARTS) is 1. The molecule has 25 heavy (non-hydrogen) atoms. The molecule has 10 heteroatoms. The normalized spacial score (nSPS) is 25.9. The summed E-state index contributed by atoms with van der Waals surface area (Å²) in [5.74, 6) is -1.70. The van der Waals surface area contributed by atoms with E-state index < -0.39 is 34.9 Å². The maximum absolute atomic E-state index is 11.9. The smallest absolute Gasteiger partial charge is 0.329 e. The second-order valence-corrected chi connectivity index (χ2v) is 9.04. The van der Waals surface area contributed by atoms with E-state index >= 15 is 0 Å². The zero-order chi connectivity index (χ0) is 18.0. The Morgan fingerprint density at radius 1 is 1.24 bits per heavy atom. The molecule has 2 fully saturated rings. The van der Waals surface area contributed by atoms with Crippen LogP contribution >= 0.6 is 11.8 Å². The number of aliphatic carboxylic acids is 1. The van der Waals surface area contributed by atoms with Crippen LogP contribution in [0.2, 0.25) is 0 Å². The van der Waals surface area contributed by atoms with Crippen LogP contribution in [0.4, 0.5) is 5.69 Å². The van der Waals surface area contributed by atoms with Gasteiger partial charge in [0.05, 0.1) is 17.5 Å². The summed E-state index contributed by atoms with van der Waals surface area (Å²) in [4.78, 5) is 28.1. The minimum atomic E-state index is -3.11. The largest absolute Gasteiger partial charge is 0.480 e. The Kier molecular flexibility index (Phi) is 5.11. The minimum absolute atomic E-state index is 0.0162. The van der Waals surface area contributed by atoms with Crippen LogP contribution in [0.5, 0.6) is 0 Å². The summed E-state index contributed by atoms with van der Waals surface area (Å²) in [6.45, 7) is -1.01. The minimum Gasteiger partial charge on any atom is -0.480 e. The van der Waals surface area contributed by atoms with Gasteiger partial charge in [0, 0.05) is 10.9 Å². The van der Waals surface area contributed by atoms with Crippen molar-refractivity contribution < 1.29 is 27.9 Å². The van der Waals surface area contributed by atoms with Gasteiger partial charge in [0.25, 0.3) is 5.91 Å². The number of ether oxygens (including phenoxy) is 1. The maximum atomic E-state index is 11.9. The molecule has 1 aromatic rings. The molecule has 1 amide bonds. The Morgan fingerprint density at radius 2 is 1.96 bits per heavy atom. The summed E-state index contributed by atoms with van der Waals surface area (Å²) in [6, 6.07) is 8.88. The van der Waals surface area contributed by atoms with E-state index in [1.807, 2.05) is 30.3 Å². The van der Waals surface area contributed by atoms with Crippen LogP contribution in [0.25, 0.3) is 0 Å². The second kappa shape index (κ2) is 7.14. The van der Waals surface area contributed by atoms with Crippen molar-refractivity contribution in [3.63, 3.8) is 0 Å². The predicted octanol–water partition coefficient (Wildman–Crippen LogP) is 0.389. The predicted molar refractivity (Wildman–Crippen MR) is 93.6 cm³/mol. The van der Waals surface area contributed by atoms with Crippen LogP contribution in [0.1, 0.15) is 0 Å². The van der Waals surface area contributed by atoms with Crippen molar-refractivity contribution >= 4 is 44.3 Å². The molecule has 0 spiro atoms. The van der Waals surface area contributed by atoms with E-state index in [1.54, 1.807) is 4.90 Å². The lowest BCUT2D eigenvalue weighted by Gasteiger charge is -2.24. The van der Waals surface area contributed by atoms with Crippen molar-refractivity contribution in [2.45, 2.75) is 11.3 Å². The fourth-order valence-electron chi connectivity index (χ4n) is 2.82. The number of amidine groups is 1. The van der Waals surface area contributed by atoms with Crippen molar-refractivity contribution in [2.75, 3.05) is 29.6 Å². The molecule has 2 heterocycles. The number of fused-ring (bicyclic) bond motifs is 1. The first-order chi connectivity index (χ1) is 11.9. The van der Waals surface area contributed by atoms with Gasteiger partial charge in [-0.05, 0) is 12.1 Å². The lowest BCUT2D eigenvalue weighted by Crippen LogP contribution is -2.37. The lowest BCUT2D eigenvalue weighted by molar-refractivity contribution is -0.143. The molecule has 0 bridgehead atoms. The average Bonchev–Trinajstić information content (AvgIpc) is 2.98. The fraction of sp³-hybridized carbons (Fsp3) is 0.400. The summed E-state index contributed by atoms with van der Waals surface area (Å²) in [5, 5.41) is 8.75. The zero-order valence-electron chi connectivity index (χ0n) is 13.1. The number of aliphatic imine (C=N–C) groups is 1. The molecule has 134 valence electrons. The average molecular weight is 384 g/mol. The van der Waals surface area contributed by atoms with Gasteiger partial charge in [-0.25, -0.2) is 13.2 Å². The third-order valence-electron chi connectivity index (χ3n) is 3.77. The standard InChI is InChI=1S/C15H16N2O6S2/c18-13(6-23-7-14(19)20)16-15-17(10-4-2-1-3-5-10)11-8-25(21,22)9-12(11)24-15/h1-5,11-12H,6-9H2,(H,19,20)/t11-,12-/m0/s1. The molecule has 1 N–H and O–H groups in total. The Balaban J connectivity index is 1.82. The Morgan fingerprint density at radius 3 is 2.64 bits per heavy atom. The van der Waals surface area contributed by atoms with Gasteiger partial charge in [-0.1, -0.05) is 30.0 Å². The Labute approximate surface area is 148 Å². The van der Waals surface area contributed by atoms with Gasteiger partial charge in [0.2, 0.25) is 0 Å². The number of anilines is 1. The fourth-order valence-corrected chi connectivity index (χ4v) is 6.75. The highest BCUT2D eigenvalue weighted by Crippen LogP contribution is 2.40. The summed E-state index contributed by atoms with van der Waals surface area (Å²) >= 11 is 1.26. The van der Waals surface area contributed by atoms with Crippen LogP contribution < -0.4 is 4.90 Å². The highest BCUT2D eigenvalue weighted by Gasteiger charge is 2.49. The molecule has 0 unspecified atom stereocenters. The molecule has 2 saturated heterocycles. The Hall–Kier alpha value is -1.91. The molecule has 1 aromatic carbocycles. The first kappa shape index (κ1) is 17.9. The SMILES string of the molecule is O=C(O)COCC(=O)N=C1S[C@H]2CS(=O)(=O)C[C@@H]2N1c1ccccc1. The zero-order valence-corrected chi connectivity index (χ0v) is 14.7. The highest BCUT2D eigenvalue weighted by atomic mass is 32.2.